The highest BCUT2D eigenvalue weighted by Gasteiger charge is 2.42. The molecule has 0 bridgehead atoms. The number of hydrogen-bond donors (Lipinski definition) is 0. The van der Waals surface area contributed by atoms with Gasteiger partial charge in [0.25, 0.3) is 0 Å². The van der Waals surface area contributed by atoms with Crippen molar-refractivity contribution in [1.82, 2.24) is 9.55 Å². The van der Waals surface area contributed by atoms with Crippen molar-refractivity contribution in [2.24, 2.45) is 0 Å². The highest BCUT2D eigenvalue weighted by atomic mass is 127. The van der Waals surface area contributed by atoms with Crippen LogP contribution in [0.3, 0.4) is 0 Å². The number of ether oxygens (including phenoxy) is 1. The Morgan fingerprint density at radius 1 is 1.07 bits per heavy atom. The molecule has 0 fully saturated rings. The van der Waals surface area contributed by atoms with Gasteiger partial charge < -0.3 is 13.7 Å². The summed E-state index contributed by atoms with van der Waals surface area (Å²) in [6.07, 6.45) is 0. The lowest BCUT2D eigenvalue weighted by Gasteiger charge is -2.43. The number of nitrogens with zero attached hydrogens (tertiary/aromatic N) is 2. The number of benzene rings is 1. The van der Waals surface area contributed by atoms with E-state index in [1.54, 1.807) is 0 Å². The van der Waals surface area contributed by atoms with Gasteiger partial charge in [-0.3, -0.25) is 0 Å². The Kier molecular flexibility index (Phi) is 7.79. The summed E-state index contributed by atoms with van der Waals surface area (Å²) in [5.74, 6) is 0.957. The molecule has 0 aliphatic carbocycles. The molecule has 1 heterocycles. The third-order valence-corrected chi connectivity index (χ3v) is 11.1. The average molecular weight is 529 g/mol. The van der Waals surface area contributed by atoms with Gasteiger partial charge in [0.05, 0.1) is 17.8 Å². The van der Waals surface area contributed by atoms with Crippen LogP contribution in [0.1, 0.15) is 52.9 Å². The minimum Gasteiger partial charge on any atom is -0.410 e. The Morgan fingerprint density at radius 3 is 2.17 bits per heavy atom. The summed E-state index contributed by atoms with van der Waals surface area (Å²) in [6, 6.07) is 8.67. The first-order valence-corrected chi connectivity index (χ1v) is 14.4. The normalized spacial score (nSPS) is 13.2. The van der Waals surface area contributed by atoms with Crippen LogP contribution in [0.4, 0.5) is 0 Å². The van der Waals surface area contributed by atoms with Crippen molar-refractivity contribution >= 4 is 30.9 Å². The zero-order valence-electron chi connectivity index (χ0n) is 19.5. The number of halogens is 1. The molecule has 4 nitrogen and oxygen atoms in total. The van der Waals surface area contributed by atoms with Crippen LogP contribution in [0.25, 0.3) is 11.3 Å². The molecule has 1 aromatic carbocycles. The largest absolute Gasteiger partial charge is 0.410 e. The van der Waals surface area contributed by atoms with Gasteiger partial charge in [-0.25, -0.2) is 4.98 Å². The summed E-state index contributed by atoms with van der Waals surface area (Å²) in [6.45, 7) is 21.9. The number of aryl methyl sites for hydroxylation is 1. The first kappa shape index (κ1) is 24.6. The predicted octanol–water partition coefficient (Wildman–Crippen LogP) is 6.80. The molecule has 0 aliphatic rings. The minimum atomic E-state index is -1.90. The van der Waals surface area contributed by atoms with E-state index in [4.69, 9.17) is 14.1 Å². The molecule has 0 aliphatic heterocycles. The van der Waals surface area contributed by atoms with Crippen LogP contribution >= 0.6 is 22.6 Å². The second kappa shape index (κ2) is 9.20. The van der Waals surface area contributed by atoms with Crippen molar-refractivity contribution in [3.63, 3.8) is 0 Å². The van der Waals surface area contributed by atoms with E-state index in [2.05, 4.69) is 106 Å². The van der Waals surface area contributed by atoms with E-state index in [0.29, 0.717) is 13.2 Å². The van der Waals surface area contributed by atoms with E-state index in [-0.39, 0.29) is 10.6 Å². The van der Waals surface area contributed by atoms with E-state index in [0.717, 1.165) is 21.8 Å². The summed E-state index contributed by atoms with van der Waals surface area (Å²) in [4.78, 5) is 4.86. The molecule has 0 spiro atoms. The molecule has 0 amide bonds. The maximum absolute atomic E-state index is 6.82. The SMILES string of the molecule is CCOCc1nc(I)c(-c2ccc(C)cc2)n1CC(C)(C)O[Si](C)(C)C(C)(C)C. The molecule has 162 valence electrons. The fraction of sp³-hybridized carbons (Fsp3) is 0.609. The van der Waals surface area contributed by atoms with Crippen molar-refractivity contribution in [2.45, 2.75) is 85.4 Å². The van der Waals surface area contributed by atoms with Gasteiger partial charge in [0, 0.05) is 12.2 Å². The lowest BCUT2D eigenvalue weighted by atomic mass is 10.1. The number of hydrogen-bond acceptors (Lipinski definition) is 3. The van der Waals surface area contributed by atoms with Gasteiger partial charge in [-0.1, -0.05) is 50.6 Å². The van der Waals surface area contributed by atoms with Crippen molar-refractivity contribution in [3.8, 4) is 11.3 Å². The first-order valence-electron chi connectivity index (χ1n) is 10.4. The van der Waals surface area contributed by atoms with Gasteiger partial charge in [-0.05, 0) is 68.4 Å². The van der Waals surface area contributed by atoms with Crippen molar-refractivity contribution in [1.29, 1.82) is 0 Å². The molecule has 2 aromatic rings. The van der Waals surface area contributed by atoms with Crippen LogP contribution in [0.5, 0.6) is 0 Å². The quantitative estimate of drug-likeness (QED) is 0.279. The Balaban J connectivity index is 2.47. The number of imidazole rings is 1. The molecular weight excluding hydrogens is 491 g/mol. The standard InChI is InChI=1S/C23H37IN2O2Si/c1-10-27-15-19-25-21(24)20(18-13-11-17(2)12-14-18)26(19)16-23(6,7)28-29(8,9)22(3,4)5/h11-14H,10,15-16H2,1-9H3. The van der Waals surface area contributed by atoms with E-state index < -0.39 is 8.32 Å². The second-order valence-corrected chi connectivity index (χ2v) is 15.6. The second-order valence-electron chi connectivity index (χ2n) is 9.88. The summed E-state index contributed by atoms with van der Waals surface area (Å²) >= 11 is 2.34. The highest BCUT2D eigenvalue weighted by Crippen LogP contribution is 2.40. The third kappa shape index (κ3) is 6.15. The molecule has 0 atom stereocenters. The number of rotatable bonds is 8. The first-order chi connectivity index (χ1) is 13.3. The summed E-state index contributed by atoms with van der Waals surface area (Å²) in [5.41, 5.74) is 3.27. The Morgan fingerprint density at radius 2 is 1.66 bits per heavy atom. The fourth-order valence-corrected chi connectivity index (χ4v) is 5.82. The Hall–Kier alpha value is -0.703. The maximum atomic E-state index is 6.82. The van der Waals surface area contributed by atoms with Crippen molar-refractivity contribution < 1.29 is 9.16 Å². The number of aromatic nitrogens is 2. The van der Waals surface area contributed by atoms with Crippen LogP contribution in [0.15, 0.2) is 24.3 Å². The lowest BCUT2D eigenvalue weighted by Crippen LogP contribution is -2.49. The van der Waals surface area contributed by atoms with Gasteiger partial charge in [0.2, 0.25) is 0 Å². The van der Waals surface area contributed by atoms with Crippen molar-refractivity contribution in [3.05, 3.63) is 39.4 Å². The van der Waals surface area contributed by atoms with Gasteiger partial charge in [0.1, 0.15) is 16.1 Å². The molecular formula is C23H37IN2O2Si. The lowest BCUT2D eigenvalue weighted by molar-refractivity contribution is 0.0681. The molecule has 6 heteroatoms. The fourth-order valence-electron chi connectivity index (χ4n) is 3.18. The molecule has 2 rings (SSSR count). The predicted molar refractivity (Wildman–Crippen MR) is 133 cm³/mol. The van der Waals surface area contributed by atoms with Crippen LogP contribution < -0.4 is 0 Å². The van der Waals surface area contributed by atoms with E-state index >= 15 is 0 Å². The zero-order valence-corrected chi connectivity index (χ0v) is 22.7. The molecule has 1 aromatic heterocycles. The van der Waals surface area contributed by atoms with Crippen molar-refractivity contribution in [2.75, 3.05) is 6.61 Å². The molecule has 0 saturated carbocycles. The smallest absolute Gasteiger partial charge is 0.192 e. The maximum Gasteiger partial charge on any atom is 0.192 e. The monoisotopic (exact) mass is 528 g/mol. The van der Waals surface area contributed by atoms with Gasteiger partial charge in [-0.2, -0.15) is 0 Å². The van der Waals surface area contributed by atoms with E-state index in [1.807, 2.05) is 6.92 Å². The highest BCUT2D eigenvalue weighted by molar-refractivity contribution is 14.1. The third-order valence-electron chi connectivity index (χ3n) is 5.64. The van der Waals surface area contributed by atoms with Gasteiger partial charge in [-0.15, -0.1) is 0 Å². The van der Waals surface area contributed by atoms with Crippen LogP contribution in [0, 0.1) is 10.6 Å². The van der Waals surface area contributed by atoms with E-state index in [9.17, 15) is 0 Å². The Labute approximate surface area is 191 Å². The van der Waals surface area contributed by atoms with Crippen LogP contribution in [0.2, 0.25) is 18.1 Å². The molecule has 0 saturated heterocycles. The zero-order chi connectivity index (χ0) is 22.0. The summed E-state index contributed by atoms with van der Waals surface area (Å²) in [7, 11) is -1.90. The van der Waals surface area contributed by atoms with Gasteiger partial charge >= 0.3 is 0 Å². The molecule has 0 radical (unpaired) electrons. The van der Waals surface area contributed by atoms with Gasteiger partial charge in [0.15, 0.2) is 8.32 Å². The minimum absolute atomic E-state index is 0.168. The van der Waals surface area contributed by atoms with E-state index in [1.165, 1.54) is 11.1 Å². The molecule has 29 heavy (non-hydrogen) atoms. The topological polar surface area (TPSA) is 36.3 Å². The van der Waals surface area contributed by atoms with Crippen LogP contribution in [-0.2, 0) is 22.3 Å². The average Bonchev–Trinajstić information content (AvgIpc) is 2.86. The molecule has 0 unspecified atom stereocenters. The molecule has 0 N–H and O–H groups in total. The summed E-state index contributed by atoms with van der Waals surface area (Å²) < 4.78 is 15.9. The summed E-state index contributed by atoms with van der Waals surface area (Å²) in [5, 5.41) is 0.168. The van der Waals surface area contributed by atoms with Crippen LogP contribution in [-0.4, -0.2) is 30.1 Å². The Bertz CT molecular complexity index is 821.